The van der Waals surface area contributed by atoms with E-state index in [-0.39, 0.29) is 5.96 Å². The predicted molar refractivity (Wildman–Crippen MR) is 115 cm³/mol. The standard InChI is InChI=1S/C20H21N5O2S/c1-27-18-9-4-3-8-17(18)23-20(21)24-19-11-10-15(13-22-19)14-6-5-7-16(12-14)25-28(2)26/h3-13,25H,1-2H3,(H3,21,22,23,24). The van der Waals surface area contributed by atoms with Crippen molar-refractivity contribution >= 4 is 34.1 Å². The lowest BCUT2D eigenvalue weighted by atomic mass is 10.1. The summed E-state index contributed by atoms with van der Waals surface area (Å²) >= 11 is 0. The van der Waals surface area contributed by atoms with E-state index >= 15 is 0 Å². The number of rotatable bonds is 6. The number of methoxy groups -OCH3 is 1. The van der Waals surface area contributed by atoms with E-state index in [0.29, 0.717) is 11.6 Å². The molecule has 0 aliphatic carbocycles. The molecule has 8 heteroatoms. The monoisotopic (exact) mass is 395 g/mol. The second kappa shape index (κ2) is 9.01. The molecule has 0 saturated heterocycles. The highest BCUT2D eigenvalue weighted by atomic mass is 32.2. The number of pyridine rings is 1. The van der Waals surface area contributed by atoms with Crippen molar-refractivity contribution in [3.63, 3.8) is 0 Å². The zero-order valence-corrected chi connectivity index (χ0v) is 16.4. The summed E-state index contributed by atoms with van der Waals surface area (Å²) in [5.41, 5.74) is 9.36. The van der Waals surface area contributed by atoms with Gasteiger partial charge in [-0.05, 0) is 42.0 Å². The van der Waals surface area contributed by atoms with E-state index < -0.39 is 11.0 Å². The van der Waals surface area contributed by atoms with Crippen LogP contribution in [0.3, 0.4) is 0 Å². The van der Waals surface area contributed by atoms with Crippen LogP contribution in [0.5, 0.6) is 5.75 Å². The second-order valence-corrected chi connectivity index (χ2v) is 6.98. The van der Waals surface area contributed by atoms with Crippen LogP contribution in [0.1, 0.15) is 0 Å². The third kappa shape index (κ3) is 5.08. The molecule has 1 aromatic heterocycles. The average Bonchev–Trinajstić information content (AvgIpc) is 2.68. The molecule has 0 saturated carbocycles. The van der Waals surface area contributed by atoms with Gasteiger partial charge in [0.25, 0.3) is 0 Å². The highest BCUT2D eigenvalue weighted by Gasteiger charge is 2.04. The van der Waals surface area contributed by atoms with Crippen LogP contribution in [0.2, 0.25) is 0 Å². The first kappa shape index (κ1) is 19.4. The fourth-order valence-electron chi connectivity index (χ4n) is 2.59. The maximum Gasteiger partial charge on any atom is 0.199 e. The Morgan fingerprint density at radius 2 is 1.93 bits per heavy atom. The number of ether oxygens (including phenoxy) is 1. The van der Waals surface area contributed by atoms with Crippen molar-refractivity contribution in [2.24, 2.45) is 10.7 Å². The van der Waals surface area contributed by atoms with Gasteiger partial charge in [0.1, 0.15) is 16.7 Å². The molecule has 1 heterocycles. The Hall–Kier alpha value is -3.39. The summed E-state index contributed by atoms with van der Waals surface area (Å²) < 4.78 is 19.5. The molecule has 144 valence electrons. The van der Waals surface area contributed by atoms with Crippen LogP contribution in [0.4, 0.5) is 17.2 Å². The van der Waals surface area contributed by atoms with Crippen LogP contribution >= 0.6 is 0 Å². The molecule has 0 fully saturated rings. The molecule has 0 radical (unpaired) electrons. The Bertz CT molecular complexity index is 1010. The van der Waals surface area contributed by atoms with Gasteiger partial charge in [0.15, 0.2) is 11.8 Å². The molecule has 0 bridgehead atoms. The summed E-state index contributed by atoms with van der Waals surface area (Å²) in [6, 6.07) is 18.8. The lowest BCUT2D eigenvalue weighted by Gasteiger charge is -2.10. The number of aliphatic imine (C=N–C) groups is 1. The third-order valence-corrected chi connectivity index (χ3v) is 4.33. The first-order chi connectivity index (χ1) is 13.5. The number of hydrogen-bond acceptors (Lipinski definition) is 4. The maximum atomic E-state index is 11.3. The average molecular weight is 395 g/mol. The van der Waals surface area contributed by atoms with Crippen LogP contribution in [0, 0.1) is 0 Å². The van der Waals surface area contributed by atoms with E-state index in [1.165, 1.54) is 0 Å². The quantitative estimate of drug-likeness (QED) is 0.438. The number of hydrogen-bond donors (Lipinski definition) is 3. The second-order valence-electron chi connectivity index (χ2n) is 5.86. The van der Waals surface area contributed by atoms with Gasteiger partial charge in [0.2, 0.25) is 0 Å². The Labute approximate surface area is 166 Å². The molecule has 2 aromatic carbocycles. The molecule has 1 unspecified atom stereocenters. The van der Waals surface area contributed by atoms with Crippen LogP contribution in [0.15, 0.2) is 71.9 Å². The van der Waals surface area contributed by atoms with E-state index in [9.17, 15) is 4.21 Å². The molecule has 1 atom stereocenters. The van der Waals surface area contributed by atoms with E-state index in [2.05, 4.69) is 20.0 Å². The smallest absolute Gasteiger partial charge is 0.199 e. The van der Waals surface area contributed by atoms with E-state index in [1.807, 2.05) is 54.6 Å². The fourth-order valence-corrected chi connectivity index (χ4v) is 3.05. The van der Waals surface area contributed by atoms with Gasteiger partial charge in [-0.3, -0.25) is 0 Å². The molecule has 0 spiro atoms. The third-order valence-electron chi connectivity index (χ3n) is 3.81. The first-order valence-corrected chi connectivity index (χ1v) is 10.0. The van der Waals surface area contributed by atoms with Crippen LogP contribution < -0.4 is 20.5 Å². The SMILES string of the molecule is COc1ccccc1NC(N)=Nc1ccc(-c2cccc(NS(C)=O)c2)cn1. The van der Waals surface area contributed by atoms with Crippen molar-refractivity contribution in [3.8, 4) is 16.9 Å². The molecule has 0 aliphatic rings. The first-order valence-electron chi connectivity index (χ1n) is 8.46. The molecular weight excluding hydrogens is 374 g/mol. The lowest BCUT2D eigenvalue weighted by molar-refractivity contribution is 0.417. The summed E-state index contributed by atoms with van der Waals surface area (Å²) in [7, 11) is 0.470. The Morgan fingerprint density at radius 1 is 1.11 bits per heavy atom. The van der Waals surface area contributed by atoms with Crippen LogP contribution in [-0.2, 0) is 11.0 Å². The molecular formula is C20H21N5O2S. The summed E-state index contributed by atoms with van der Waals surface area (Å²) in [6.07, 6.45) is 3.31. The molecule has 3 aromatic rings. The van der Waals surface area contributed by atoms with E-state index in [1.54, 1.807) is 25.6 Å². The van der Waals surface area contributed by atoms with Gasteiger partial charge in [-0.2, -0.15) is 4.99 Å². The molecule has 4 N–H and O–H groups in total. The van der Waals surface area contributed by atoms with Gasteiger partial charge in [-0.25, -0.2) is 9.19 Å². The minimum atomic E-state index is -1.12. The van der Waals surface area contributed by atoms with Crippen molar-refractivity contribution in [1.29, 1.82) is 0 Å². The summed E-state index contributed by atoms with van der Waals surface area (Å²) in [5, 5.41) is 3.01. The van der Waals surface area contributed by atoms with Gasteiger partial charge in [-0.15, -0.1) is 0 Å². The number of aromatic nitrogens is 1. The fraction of sp³-hybridized carbons (Fsp3) is 0.100. The highest BCUT2D eigenvalue weighted by Crippen LogP contribution is 2.25. The topological polar surface area (TPSA) is 102 Å². The molecule has 28 heavy (non-hydrogen) atoms. The lowest BCUT2D eigenvalue weighted by Crippen LogP contribution is -2.22. The Kier molecular flexibility index (Phi) is 6.23. The normalized spacial score (nSPS) is 12.3. The number of para-hydroxylation sites is 2. The highest BCUT2D eigenvalue weighted by molar-refractivity contribution is 7.85. The minimum Gasteiger partial charge on any atom is -0.495 e. The number of nitrogens with zero attached hydrogens (tertiary/aromatic N) is 2. The number of guanidine groups is 1. The van der Waals surface area contributed by atoms with Gasteiger partial charge in [0.05, 0.1) is 12.8 Å². The van der Waals surface area contributed by atoms with Gasteiger partial charge >= 0.3 is 0 Å². The van der Waals surface area contributed by atoms with Gasteiger partial charge < -0.3 is 20.5 Å². The van der Waals surface area contributed by atoms with E-state index in [4.69, 9.17) is 10.5 Å². The van der Waals surface area contributed by atoms with Crippen LogP contribution in [0.25, 0.3) is 11.1 Å². The molecule has 0 aliphatic heterocycles. The van der Waals surface area contributed by atoms with Gasteiger partial charge in [-0.1, -0.05) is 24.3 Å². The van der Waals surface area contributed by atoms with Crippen molar-refractivity contribution in [1.82, 2.24) is 4.98 Å². The van der Waals surface area contributed by atoms with Crippen molar-refractivity contribution in [2.75, 3.05) is 23.4 Å². The van der Waals surface area contributed by atoms with E-state index in [0.717, 1.165) is 22.5 Å². The van der Waals surface area contributed by atoms with Crippen molar-refractivity contribution in [2.45, 2.75) is 0 Å². The molecule has 3 rings (SSSR count). The zero-order chi connectivity index (χ0) is 19.9. The predicted octanol–water partition coefficient (Wildman–Crippen LogP) is 3.52. The molecule has 0 amide bonds. The minimum absolute atomic E-state index is 0.210. The zero-order valence-electron chi connectivity index (χ0n) is 15.5. The summed E-state index contributed by atoms with van der Waals surface area (Å²) in [4.78, 5) is 8.64. The summed E-state index contributed by atoms with van der Waals surface area (Å²) in [6.45, 7) is 0. The molecule has 7 nitrogen and oxygen atoms in total. The number of nitrogens with one attached hydrogen (secondary N) is 2. The summed E-state index contributed by atoms with van der Waals surface area (Å²) in [5.74, 6) is 1.36. The Morgan fingerprint density at radius 3 is 2.64 bits per heavy atom. The Balaban J connectivity index is 1.75. The van der Waals surface area contributed by atoms with Crippen molar-refractivity contribution < 1.29 is 8.95 Å². The van der Waals surface area contributed by atoms with Crippen LogP contribution in [-0.4, -0.2) is 28.5 Å². The van der Waals surface area contributed by atoms with Gasteiger partial charge in [0, 0.05) is 23.7 Å². The largest absolute Gasteiger partial charge is 0.495 e. The number of benzene rings is 2. The number of anilines is 2. The maximum absolute atomic E-state index is 11.3. The number of nitrogens with two attached hydrogens (primary N) is 1. The van der Waals surface area contributed by atoms with Crippen molar-refractivity contribution in [3.05, 3.63) is 66.9 Å².